The van der Waals surface area contributed by atoms with E-state index in [2.05, 4.69) is 5.32 Å². The average Bonchev–Trinajstić information content (AvgIpc) is 2.38. The number of carboxylic acids is 1. The third kappa shape index (κ3) is 2.60. The van der Waals surface area contributed by atoms with Crippen molar-refractivity contribution in [1.82, 2.24) is 0 Å². The molecular weight excluding hydrogens is 228 g/mol. The summed E-state index contributed by atoms with van der Waals surface area (Å²) in [5, 5.41) is 12.1. The molecule has 0 saturated carbocycles. The molecule has 4 heteroatoms. The highest BCUT2D eigenvalue weighted by Gasteiger charge is 2.08. The number of hydrogen-bond donors (Lipinski definition) is 3. The molecule has 4 N–H and O–H groups in total. The molecule has 2 rings (SSSR count). The van der Waals surface area contributed by atoms with Gasteiger partial charge in [-0.15, -0.1) is 0 Å². The molecule has 0 unspecified atom stereocenters. The van der Waals surface area contributed by atoms with Gasteiger partial charge in [0.1, 0.15) is 0 Å². The summed E-state index contributed by atoms with van der Waals surface area (Å²) >= 11 is 0. The van der Waals surface area contributed by atoms with Gasteiger partial charge in [-0.05, 0) is 23.8 Å². The Hall–Kier alpha value is -2.49. The van der Waals surface area contributed by atoms with Crippen molar-refractivity contribution >= 4 is 17.3 Å². The predicted molar refractivity (Wildman–Crippen MR) is 71.6 cm³/mol. The molecule has 4 nitrogen and oxygen atoms in total. The number of nitrogen functional groups attached to an aromatic ring is 1. The summed E-state index contributed by atoms with van der Waals surface area (Å²) in [6, 6.07) is 14.3. The van der Waals surface area contributed by atoms with Gasteiger partial charge in [0, 0.05) is 17.9 Å². The topological polar surface area (TPSA) is 75.3 Å². The van der Waals surface area contributed by atoms with Gasteiger partial charge in [-0.25, -0.2) is 4.79 Å². The number of nitrogens with two attached hydrogens (primary N) is 1. The van der Waals surface area contributed by atoms with Crippen molar-refractivity contribution < 1.29 is 9.90 Å². The van der Waals surface area contributed by atoms with Gasteiger partial charge in [0.25, 0.3) is 0 Å². The molecule has 0 fully saturated rings. The molecule has 0 spiro atoms. The van der Waals surface area contributed by atoms with Crippen LogP contribution in [-0.2, 0) is 6.54 Å². The maximum Gasteiger partial charge on any atom is 0.337 e. The normalized spacial score (nSPS) is 10.0. The molecule has 2 aromatic carbocycles. The van der Waals surface area contributed by atoms with Crippen molar-refractivity contribution in [2.75, 3.05) is 11.1 Å². The van der Waals surface area contributed by atoms with E-state index in [1.54, 1.807) is 24.3 Å². The number of nitrogens with one attached hydrogen (secondary N) is 1. The molecule has 0 radical (unpaired) electrons. The number of carbonyl (C=O) groups is 1. The summed E-state index contributed by atoms with van der Waals surface area (Å²) < 4.78 is 0. The zero-order chi connectivity index (χ0) is 13.0. The van der Waals surface area contributed by atoms with Gasteiger partial charge in [-0.2, -0.15) is 0 Å². The van der Waals surface area contributed by atoms with Crippen LogP contribution < -0.4 is 11.1 Å². The van der Waals surface area contributed by atoms with Crippen LogP contribution in [0.1, 0.15) is 15.9 Å². The first-order valence-corrected chi connectivity index (χ1v) is 5.58. The fourth-order valence-corrected chi connectivity index (χ4v) is 1.71. The predicted octanol–water partition coefficient (Wildman–Crippen LogP) is 2.58. The first-order chi connectivity index (χ1) is 8.68. The van der Waals surface area contributed by atoms with Gasteiger partial charge < -0.3 is 16.2 Å². The molecule has 18 heavy (non-hydrogen) atoms. The summed E-state index contributed by atoms with van der Waals surface area (Å²) in [5.41, 5.74) is 8.31. The Morgan fingerprint density at radius 3 is 2.50 bits per heavy atom. The van der Waals surface area contributed by atoms with E-state index in [0.717, 1.165) is 5.56 Å². The van der Waals surface area contributed by atoms with Gasteiger partial charge >= 0.3 is 5.97 Å². The van der Waals surface area contributed by atoms with Crippen LogP contribution in [0.4, 0.5) is 11.4 Å². The van der Waals surface area contributed by atoms with Gasteiger partial charge in [0.05, 0.1) is 5.56 Å². The number of rotatable bonds is 4. The lowest BCUT2D eigenvalue weighted by Crippen LogP contribution is -2.07. The zero-order valence-corrected chi connectivity index (χ0v) is 9.76. The molecule has 0 amide bonds. The quantitative estimate of drug-likeness (QED) is 0.720. The molecule has 0 aliphatic heterocycles. The van der Waals surface area contributed by atoms with E-state index in [1.165, 1.54) is 0 Å². The highest BCUT2D eigenvalue weighted by molar-refractivity contribution is 5.94. The van der Waals surface area contributed by atoms with Crippen LogP contribution in [0.2, 0.25) is 0 Å². The van der Waals surface area contributed by atoms with Crippen molar-refractivity contribution in [1.29, 1.82) is 0 Å². The summed E-state index contributed by atoms with van der Waals surface area (Å²) in [5.74, 6) is -0.945. The van der Waals surface area contributed by atoms with Crippen molar-refractivity contribution in [3.63, 3.8) is 0 Å². The molecule has 0 aliphatic rings. The average molecular weight is 242 g/mol. The molecule has 0 aliphatic carbocycles. The Morgan fingerprint density at radius 2 is 1.78 bits per heavy atom. The summed E-state index contributed by atoms with van der Waals surface area (Å²) in [6.07, 6.45) is 0. The molecule has 0 bridgehead atoms. The largest absolute Gasteiger partial charge is 0.478 e. The summed E-state index contributed by atoms with van der Waals surface area (Å²) in [7, 11) is 0. The Labute approximate surface area is 105 Å². The minimum absolute atomic E-state index is 0.256. The number of aromatic carboxylic acids is 1. The SMILES string of the molecule is Nc1ccccc1CNc1ccccc1C(=O)O. The smallest absolute Gasteiger partial charge is 0.337 e. The lowest BCUT2D eigenvalue weighted by atomic mass is 10.1. The summed E-state index contributed by atoms with van der Waals surface area (Å²) in [4.78, 5) is 11.0. The van der Waals surface area contributed by atoms with Gasteiger partial charge in [0.15, 0.2) is 0 Å². The van der Waals surface area contributed by atoms with Gasteiger partial charge in [-0.3, -0.25) is 0 Å². The Balaban J connectivity index is 2.16. The van der Waals surface area contributed by atoms with Crippen molar-refractivity contribution in [2.45, 2.75) is 6.54 Å². The lowest BCUT2D eigenvalue weighted by Gasteiger charge is -2.10. The monoisotopic (exact) mass is 242 g/mol. The molecule has 2 aromatic rings. The fraction of sp³-hybridized carbons (Fsp3) is 0.0714. The van der Waals surface area contributed by atoms with Crippen LogP contribution in [0.3, 0.4) is 0 Å². The van der Waals surface area contributed by atoms with E-state index in [9.17, 15) is 4.79 Å². The Bertz CT molecular complexity index is 567. The Morgan fingerprint density at radius 1 is 1.11 bits per heavy atom. The van der Waals surface area contributed by atoms with E-state index in [4.69, 9.17) is 10.8 Å². The maximum absolute atomic E-state index is 11.0. The van der Waals surface area contributed by atoms with Crippen LogP contribution in [0.15, 0.2) is 48.5 Å². The van der Waals surface area contributed by atoms with E-state index in [1.807, 2.05) is 24.3 Å². The third-order valence-electron chi connectivity index (χ3n) is 2.68. The van der Waals surface area contributed by atoms with Crippen molar-refractivity contribution in [3.8, 4) is 0 Å². The standard InChI is InChI=1S/C14H14N2O2/c15-12-7-3-1-5-10(12)9-16-13-8-4-2-6-11(13)14(17)18/h1-8,16H,9,15H2,(H,17,18). The minimum atomic E-state index is -0.945. The van der Waals surface area contributed by atoms with E-state index in [0.29, 0.717) is 17.9 Å². The van der Waals surface area contributed by atoms with Crippen LogP contribution in [0, 0.1) is 0 Å². The maximum atomic E-state index is 11.0. The molecule has 0 aromatic heterocycles. The number of carboxylic acid groups (broad SMARTS) is 1. The Kier molecular flexibility index (Phi) is 3.48. The highest BCUT2D eigenvalue weighted by atomic mass is 16.4. The van der Waals surface area contributed by atoms with Crippen molar-refractivity contribution in [2.24, 2.45) is 0 Å². The van der Waals surface area contributed by atoms with E-state index >= 15 is 0 Å². The van der Waals surface area contributed by atoms with Gasteiger partial charge in [-0.1, -0.05) is 30.3 Å². The molecule has 92 valence electrons. The van der Waals surface area contributed by atoms with Crippen molar-refractivity contribution in [3.05, 3.63) is 59.7 Å². The van der Waals surface area contributed by atoms with E-state index in [-0.39, 0.29) is 5.56 Å². The molecule has 0 saturated heterocycles. The lowest BCUT2D eigenvalue weighted by molar-refractivity contribution is 0.0698. The number of hydrogen-bond acceptors (Lipinski definition) is 3. The first kappa shape index (κ1) is 12.0. The first-order valence-electron chi connectivity index (χ1n) is 5.58. The number of para-hydroxylation sites is 2. The van der Waals surface area contributed by atoms with Crippen LogP contribution >= 0.6 is 0 Å². The molecule has 0 heterocycles. The van der Waals surface area contributed by atoms with E-state index < -0.39 is 5.97 Å². The van der Waals surface area contributed by atoms with Crippen LogP contribution in [-0.4, -0.2) is 11.1 Å². The minimum Gasteiger partial charge on any atom is -0.478 e. The third-order valence-corrected chi connectivity index (χ3v) is 2.68. The van der Waals surface area contributed by atoms with Crippen LogP contribution in [0.25, 0.3) is 0 Å². The second-order valence-corrected chi connectivity index (χ2v) is 3.90. The number of benzene rings is 2. The molecular formula is C14H14N2O2. The second-order valence-electron chi connectivity index (χ2n) is 3.90. The molecule has 0 atom stereocenters. The van der Waals surface area contributed by atoms with Gasteiger partial charge in [0.2, 0.25) is 0 Å². The number of anilines is 2. The fourth-order valence-electron chi connectivity index (χ4n) is 1.71. The van der Waals surface area contributed by atoms with Crippen LogP contribution in [0.5, 0.6) is 0 Å². The zero-order valence-electron chi connectivity index (χ0n) is 9.76. The summed E-state index contributed by atoms with van der Waals surface area (Å²) in [6.45, 7) is 0.497. The second kappa shape index (κ2) is 5.23. The highest BCUT2D eigenvalue weighted by Crippen LogP contribution is 2.18.